The predicted octanol–water partition coefficient (Wildman–Crippen LogP) is 0.785. The summed E-state index contributed by atoms with van der Waals surface area (Å²) in [6.45, 7) is 4.46. The molecule has 1 fully saturated rings. The second-order valence-electron chi connectivity index (χ2n) is 6.62. The van der Waals surface area contributed by atoms with Gasteiger partial charge in [-0.3, -0.25) is 14.5 Å². The van der Waals surface area contributed by atoms with Crippen molar-refractivity contribution in [1.82, 2.24) is 4.90 Å². The molecule has 134 valence electrons. The Labute approximate surface area is 143 Å². The summed E-state index contributed by atoms with van der Waals surface area (Å²) in [4.78, 5) is 30.4. The van der Waals surface area contributed by atoms with Gasteiger partial charge in [-0.05, 0) is 25.2 Å². The van der Waals surface area contributed by atoms with E-state index in [-0.39, 0.29) is 35.7 Å². The highest BCUT2D eigenvalue weighted by Crippen LogP contribution is 2.44. The van der Waals surface area contributed by atoms with E-state index in [0.29, 0.717) is 19.4 Å². The van der Waals surface area contributed by atoms with Gasteiger partial charge >= 0.3 is 0 Å². The van der Waals surface area contributed by atoms with Crippen molar-refractivity contribution >= 4 is 17.8 Å². The Hall–Kier alpha value is -1.89. The Morgan fingerprint density at radius 2 is 2.17 bits per heavy atom. The first-order valence-corrected chi connectivity index (χ1v) is 8.51. The maximum atomic E-state index is 12.8. The van der Waals surface area contributed by atoms with Gasteiger partial charge in [0.05, 0.1) is 24.6 Å². The van der Waals surface area contributed by atoms with Crippen molar-refractivity contribution in [1.29, 1.82) is 0 Å². The predicted molar refractivity (Wildman–Crippen MR) is 92.0 cm³/mol. The number of nitrogens with two attached hydrogens (primary N) is 2. The average molecular weight is 336 g/mol. The summed E-state index contributed by atoms with van der Waals surface area (Å²) in [6, 6.07) is -0.305. The van der Waals surface area contributed by atoms with Gasteiger partial charge in [0.2, 0.25) is 11.8 Å². The lowest BCUT2D eigenvalue weighted by atomic mass is 9.87. The zero-order valence-corrected chi connectivity index (χ0v) is 14.7. The lowest BCUT2D eigenvalue weighted by Gasteiger charge is -2.39. The largest absolute Gasteiger partial charge is 0.381 e. The number of primary amides is 1. The third-order valence-electron chi connectivity index (χ3n) is 5.20. The molecule has 1 aliphatic heterocycles. The van der Waals surface area contributed by atoms with Crippen molar-refractivity contribution in [3.63, 3.8) is 0 Å². The monoisotopic (exact) mass is 336 g/mol. The Morgan fingerprint density at radius 1 is 1.50 bits per heavy atom. The topological polar surface area (TPSA) is 111 Å². The van der Waals surface area contributed by atoms with Gasteiger partial charge in [-0.15, -0.1) is 0 Å². The number of rotatable bonds is 8. The molecule has 7 nitrogen and oxygen atoms in total. The molecule has 1 saturated carbocycles. The number of nitrogens with zero attached hydrogens (tertiary/aromatic N) is 2. The fourth-order valence-corrected chi connectivity index (χ4v) is 3.44. The van der Waals surface area contributed by atoms with Gasteiger partial charge in [-0.2, -0.15) is 0 Å². The highest BCUT2D eigenvalue weighted by molar-refractivity contribution is 6.00. The third-order valence-corrected chi connectivity index (χ3v) is 5.20. The molecule has 2 amide bonds. The number of guanidine groups is 1. The average Bonchev–Trinajstić information content (AvgIpc) is 3.33. The van der Waals surface area contributed by atoms with Gasteiger partial charge in [0.25, 0.3) is 0 Å². The van der Waals surface area contributed by atoms with Crippen LogP contribution in [-0.4, -0.2) is 48.0 Å². The molecule has 1 unspecified atom stereocenters. The first kappa shape index (κ1) is 18.4. The van der Waals surface area contributed by atoms with Gasteiger partial charge in [-0.25, -0.2) is 4.99 Å². The van der Waals surface area contributed by atoms with E-state index in [0.717, 1.165) is 12.8 Å². The van der Waals surface area contributed by atoms with Crippen molar-refractivity contribution in [3.05, 3.63) is 12.2 Å². The van der Waals surface area contributed by atoms with E-state index in [9.17, 15) is 9.59 Å². The van der Waals surface area contributed by atoms with Crippen molar-refractivity contribution < 1.29 is 14.3 Å². The zero-order valence-electron chi connectivity index (χ0n) is 14.7. The first-order valence-electron chi connectivity index (χ1n) is 8.51. The molecule has 0 aromatic rings. The molecule has 1 heterocycles. The molecule has 3 atom stereocenters. The van der Waals surface area contributed by atoms with E-state index in [2.05, 4.69) is 4.99 Å². The van der Waals surface area contributed by atoms with E-state index in [1.54, 1.807) is 7.11 Å². The Bertz CT molecular complexity index is 554. The summed E-state index contributed by atoms with van der Waals surface area (Å²) in [7, 11) is 1.60. The van der Waals surface area contributed by atoms with Crippen LogP contribution < -0.4 is 11.5 Å². The highest BCUT2D eigenvalue weighted by Gasteiger charge is 2.51. The number of hydrogen-bond acceptors (Lipinski definition) is 5. The summed E-state index contributed by atoms with van der Waals surface area (Å²) < 4.78 is 5.03. The summed E-state index contributed by atoms with van der Waals surface area (Å²) in [6.07, 6.45) is 6.25. The SMILES string of the molecule is CCC1(CC)CC(=O)N([C@@H](/C=C/COC)C2C[C@H]2C(N)=O)C(N)=N1. The lowest BCUT2D eigenvalue weighted by molar-refractivity contribution is -0.131. The highest BCUT2D eigenvalue weighted by atomic mass is 16.5. The second kappa shape index (κ2) is 7.34. The van der Waals surface area contributed by atoms with Crippen molar-refractivity contribution in [2.24, 2.45) is 28.3 Å². The fraction of sp³-hybridized carbons (Fsp3) is 0.706. The summed E-state index contributed by atoms with van der Waals surface area (Å²) in [5.41, 5.74) is 11.2. The quantitative estimate of drug-likeness (QED) is 0.638. The molecule has 1 aliphatic carbocycles. The van der Waals surface area contributed by atoms with Crippen LogP contribution in [-0.2, 0) is 14.3 Å². The van der Waals surface area contributed by atoms with Crippen LogP contribution in [0.5, 0.6) is 0 Å². The molecule has 0 saturated heterocycles. The Balaban J connectivity index is 2.29. The Morgan fingerprint density at radius 3 is 2.62 bits per heavy atom. The van der Waals surface area contributed by atoms with E-state index in [4.69, 9.17) is 16.2 Å². The van der Waals surface area contributed by atoms with Crippen LogP contribution in [0.4, 0.5) is 0 Å². The molecular weight excluding hydrogens is 308 g/mol. The minimum atomic E-state index is -0.412. The van der Waals surface area contributed by atoms with Gasteiger partial charge in [-0.1, -0.05) is 26.0 Å². The minimum absolute atomic E-state index is 0.0101. The third kappa shape index (κ3) is 3.61. The lowest BCUT2D eigenvalue weighted by Crippen LogP contribution is -2.55. The normalized spacial score (nSPS) is 27.2. The minimum Gasteiger partial charge on any atom is -0.381 e. The molecule has 0 spiro atoms. The van der Waals surface area contributed by atoms with E-state index in [1.165, 1.54) is 4.90 Å². The molecule has 0 aromatic heterocycles. The van der Waals surface area contributed by atoms with E-state index in [1.807, 2.05) is 26.0 Å². The van der Waals surface area contributed by atoms with Crippen LogP contribution in [0.1, 0.15) is 39.5 Å². The molecule has 24 heavy (non-hydrogen) atoms. The number of ether oxygens (including phenoxy) is 1. The van der Waals surface area contributed by atoms with Crippen LogP contribution >= 0.6 is 0 Å². The standard InChI is InChI=1S/C17H28N4O3/c1-4-17(5-2)10-14(22)21(16(19)20-17)13(7-6-8-24-3)11-9-12(11)15(18)23/h6-7,11-13H,4-5,8-10H2,1-3H3,(H2,18,23)(H2,19,20)/b7-6+/t11?,12-,13+/m1/s1. The van der Waals surface area contributed by atoms with E-state index < -0.39 is 5.54 Å². The number of carbonyl (C=O) groups excluding carboxylic acids is 2. The molecule has 2 aliphatic rings. The van der Waals surface area contributed by atoms with Crippen LogP contribution in [0.3, 0.4) is 0 Å². The molecule has 4 N–H and O–H groups in total. The van der Waals surface area contributed by atoms with Crippen LogP contribution in [0.15, 0.2) is 17.1 Å². The number of hydrogen-bond donors (Lipinski definition) is 2. The maximum absolute atomic E-state index is 12.8. The number of amides is 2. The van der Waals surface area contributed by atoms with Crippen molar-refractivity contribution in [2.45, 2.75) is 51.1 Å². The smallest absolute Gasteiger partial charge is 0.232 e. The number of methoxy groups -OCH3 is 1. The molecular formula is C17H28N4O3. The van der Waals surface area contributed by atoms with Crippen molar-refractivity contribution in [2.75, 3.05) is 13.7 Å². The van der Waals surface area contributed by atoms with Crippen molar-refractivity contribution in [3.8, 4) is 0 Å². The zero-order chi connectivity index (χ0) is 17.9. The summed E-state index contributed by atoms with van der Waals surface area (Å²) >= 11 is 0. The number of carbonyl (C=O) groups is 2. The van der Waals surface area contributed by atoms with Gasteiger partial charge in [0.1, 0.15) is 0 Å². The van der Waals surface area contributed by atoms with Crippen LogP contribution in [0.2, 0.25) is 0 Å². The van der Waals surface area contributed by atoms with E-state index >= 15 is 0 Å². The summed E-state index contributed by atoms with van der Waals surface area (Å²) in [5.74, 6) is -0.372. The van der Waals surface area contributed by atoms with Gasteiger partial charge in [0.15, 0.2) is 5.96 Å². The van der Waals surface area contributed by atoms with Crippen LogP contribution in [0, 0.1) is 11.8 Å². The van der Waals surface area contributed by atoms with Gasteiger partial charge in [0, 0.05) is 13.0 Å². The Kier molecular flexibility index (Phi) is 5.64. The molecule has 0 bridgehead atoms. The molecule has 7 heteroatoms. The molecule has 0 radical (unpaired) electrons. The first-order chi connectivity index (χ1) is 11.4. The van der Waals surface area contributed by atoms with Crippen LogP contribution in [0.25, 0.3) is 0 Å². The second-order valence-corrected chi connectivity index (χ2v) is 6.62. The van der Waals surface area contributed by atoms with Gasteiger partial charge < -0.3 is 16.2 Å². The number of aliphatic imine (C=N–C) groups is 1. The maximum Gasteiger partial charge on any atom is 0.232 e. The molecule has 0 aromatic carbocycles. The molecule has 2 rings (SSSR count). The summed E-state index contributed by atoms with van der Waals surface area (Å²) in [5, 5.41) is 0. The fourth-order valence-electron chi connectivity index (χ4n) is 3.44.